The minimum Gasteiger partial charge on any atom is -0.480 e. The molecule has 1 aromatic heterocycles. The molecule has 0 saturated heterocycles. The number of carbonyl (C=O) groups is 1. The van der Waals surface area contributed by atoms with Crippen LogP contribution < -0.4 is 10.1 Å². The van der Waals surface area contributed by atoms with E-state index in [0.29, 0.717) is 29.8 Å². The predicted octanol–water partition coefficient (Wildman–Crippen LogP) is 2.87. The summed E-state index contributed by atoms with van der Waals surface area (Å²) < 4.78 is 5.08. The Balaban J connectivity index is 2.58. The molecule has 0 aliphatic heterocycles. The molecule has 0 fully saturated rings. The third kappa shape index (κ3) is 5.07. The Labute approximate surface area is 119 Å². The lowest BCUT2D eigenvalue weighted by Gasteiger charge is -2.16. The van der Waals surface area contributed by atoms with Gasteiger partial charge in [0.15, 0.2) is 0 Å². The number of halogens is 1. The molecule has 1 rings (SSSR count). The lowest BCUT2D eigenvalue weighted by molar-refractivity contribution is 0.0942. The van der Waals surface area contributed by atoms with Crippen LogP contribution in [0.4, 0.5) is 0 Å². The summed E-state index contributed by atoms with van der Waals surface area (Å²) in [5.74, 6) is 1.25. The van der Waals surface area contributed by atoms with Gasteiger partial charge in [0.1, 0.15) is 5.56 Å². The van der Waals surface area contributed by atoms with E-state index in [1.807, 2.05) is 0 Å². The van der Waals surface area contributed by atoms with Crippen LogP contribution in [0.2, 0.25) is 0 Å². The van der Waals surface area contributed by atoms with Crippen molar-refractivity contribution in [1.29, 1.82) is 0 Å². The van der Waals surface area contributed by atoms with Gasteiger partial charge in [0, 0.05) is 18.6 Å². The largest absolute Gasteiger partial charge is 0.480 e. The standard InChI is InChI=1S/C14H21ClN2O2/c1-3-5-11(7-8-15)10-17-13(18)12-6-4-9-16-14(12)19-2/h4,6,9,11H,3,5,7-8,10H2,1-2H3,(H,17,18). The van der Waals surface area contributed by atoms with E-state index in [4.69, 9.17) is 16.3 Å². The van der Waals surface area contributed by atoms with Crippen LogP contribution in [0, 0.1) is 5.92 Å². The maximum atomic E-state index is 12.1. The Morgan fingerprint density at radius 2 is 2.32 bits per heavy atom. The molecule has 5 heteroatoms. The summed E-state index contributed by atoms with van der Waals surface area (Å²) >= 11 is 5.77. The molecule has 0 bridgehead atoms. The highest BCUT2D eigenvalue weighted by Gasteiger charge is 2.14. The normalized spacial score (nSPS) is 11.9. The van der Waals surface area contributed by atoms with E-state index < -0.39 is 0 Å². The van der Waals surface area contributed by atoms with Crippen molar-refractivity contribution < 1.29 is 9.53 Å². The van der Waals surface area contributed by atoms with E-state index in [1.165, 1.54) is 7.11 Å². The molecular weight excluding hydrogens is 264 g/mol. The second-order valence-corrected chi connectivity index (χ2v) is 4.78. The van der Waals surface area contributed by atoms with Gasteiger partial charge in [-0.05, 0) is 30.9 Å². The number of amides is 1. The molecule has 1 heterocycles. The number of methoxy groups -OCH3 is 1. The second kappa shape index (κ2) is 8.75. The average molecular weight is 285 g/mol. The molecule has 19 heavy (non-hydrogen) atoms. The SMILES string of the molecule is CCCC(CCCl)CNC(=O)c1cccnc1OC. The van der Waals surface area contributed by atoms with Crippen LogP contribution in [0.5, 0.6) is 5.88 Å². The first kappa shape index (κ1) is 15.8. The summed E-state index contributed by atoms with van der Waals surface area (Å²) in [5.41, 5.74) is 0.464. The van der Waals surface area contributed by atoms with Gasteiger partial charge in [0.05, 0.1) is 7.11 Å². The molecule has 0 saturated carbocycles. The van der Waals surface area contributed by atoms with Crippen LogP contribution in [-0.4, -0.2) is 30.4 Å². The van der Waals surface area contributed by atoms with Gasteiger partial charge in [-0.25, -0.2) is 4.98 Å². The van der Waals surface area contributed by atoms with Crippen LogP contribution >= 0.6 is 11.6 Å². The van der Waals surface area contributed by atoms with E-state index >= 15 is 0 Å². The average Bonchev–Trinajstić information content (AvgIpc) is 2.44. The molecule has 0 spiro atoms. The maximum absolute atomic E-state index is 12.1. The quantitative estimate of drug-likeness (QED) is 0.747. The van der Waals surface area contributed by atoms with Crippen molar-refractivity contribution in [3.63, 3.8) is 0 Å². The van der Waals surface area contributed by atoms with Crippen molar-refractivity contribution in [2.45, 2.75) is 26.2 Å². The van der Waals surface area contributed by atoms with Crippen LogP contribution in [0.25, 0.3) is 0 Å². The van der Waals surface area contributed by atoms with Crippen molar-refractivity contribution in [3.8, 4) is 5.88 Å². The van der Waals surface area contributed by atoms with Crippen molar-refractivity contribution in [2.24, 2.45) is 5.92 Å². The number of alkyl halides is 1. The summed E-state index contributed by atoms with van der Waals surface area (Å²) in [4.78, 5) is 16.1. The van der Waals surface area contributed by atoms with E-state index in [2.05, 4.69) is 17.2 Å². The van der Waals surface area contributed by atoms with Crippen LogP contribution in [0.1, 0.15) is 36.5 Å². The van der Waals surface area contributed by atoms with Crippen LogP contribution in [-0.2, 0) is 0 Å². The molecule has 1 N–H and O–H groups in total. The van der Waals surface area contributed by atoms with Gasteiger partial charge in [-0.1, -0.05) is 13.3 Å². The number of nitrogens with one attached hydrogen (secondary N) is 1. The fourth-order valence-corrected chi connectivity index (χ4v) is 2.28. The Morgan fingerprint density at radius 3 is 2.95 bits per heavy atom. The lowest BCUT2D eigenvalue weighted by atomic mass is 10.0. The summed E-state index contributed by atoms with van der Waals surface area (Å²) in [6.45, 7) is 2.77. The molecular formula is C14H21ClN2O2. The van der Waals surface area contributed by atoms with Crippen molar-refractivity contribution in [1.82, 2.24) is 10.3 Å². The monoisotopic (exact) mass is 284 g/mol. The zero-order valence-corrected chi connectivity index (χ0v) is 12.2. The van der Waals surface area contributed by atoms with Gasteiger partial charge in [0.25, 0.3) is 5.91 Å². The second-order valence-electron chi connectivity index (χ2n) is 4.40. The topological polar surface area (TPSA) is 51.2 Å². The van der Waals surface area contributed by atoms with Gasteiger partial charge in [-0.3, -0.25) is 4.79 Å². The van der Waals surface area contributed by atoms with Crippen molar-refractivity contribution >= 4 is 17.5 Å². The highest BCUT2D eigenvalue weighted by molar-refractivity contribution is 6.17. The Hall–Kier alpha value is -1.29. The Bertz CT molecular complexity index is 393. The molecule has 1 amide bonds. The number of nitrogens with zero attached hydrogens (tertiary/aromatic N) is 1. The number of rotatable bonds is 8. The summed E-state index contributed by atoms with van der Waals surface area (Å²) in [5, 5.41) is 2.93. The number of hydrogen-bond donors (Lipinski definition) is 1. The maximum Gasteiger partial charge on any atom is 0.256 e. The zero-order chi connectivity index (χ0) is 14.1. The molecule has 106 valence electrons. The minimum absolute atomic E-state index is 0.152. The summed E-state index contributed by atoms with van der Waals surface area (Å²) in [6.07, 6.45) is 4.67. The molecule has 4 nitrogen and oxygen atoms in total. The lowest BCUT2D eigenvalue weighted by Crippen LogP contribution is -2.30. The van der Waals surface area contributed by atoms with E-state index in [9.17, 15) is 4.79 Å². The van der Waals surface area contributed by atoms with Crippen molar-refractivity contribution in [2.75, 3.05) is 19.5 Å². The fourth-order valence-electron chi connectivity index (χ4n) is 1.97. The number of carbonyl (C=O) groups excluding carboxylic acids is 1. The highest BCUT2D eigenvalue weighted by Crippen LogP contribution is 2.15. The van der Waals surface area contributed by atoms with Gasteiger partial charge >= 0.3 is 0 Å². The molecule has 0 aliphatic carbocycles. The number of aromatic nitrogens is 1. The van der Waals surface area contributed by atoms with Crippen LogP contribution in [0.15, 0.2) is 18.3 Å². The minimum atomic E-state index is -0.152. The number of pyridine rings is 1. The predicted molar refractivity (Wildman–Crippen MR) is 76.9 cm³/mol. The Kier molecular flexibility index (Phi) is 7.26. The molecule has 1 atom stereocenters. The zero-order valence-electron chi connectivity index (χ0n) is 11.5. The first-order valence-corrected chi connectivity index (χ1v) is 7.09. The highest BCUT2D eigenvalue weighted by atomic mass is 35.5. The van der Waals surface area contributed by atoms with E-state index in [1.54, 1.807) is 18.3 Å². The van der Waals surface area contributed by atoms with Gasteiger partial charge in [-0.2, -0.15) is 0 Å². The summed E-state index contributed by atoms with van der Waals surface area (Å²) in [6, 6.07) is 3.43. The molecule has 0 aromatic carbocycles. The third-order valence-corrected chi connectivity index (χ3v) is 3.19. The number of hydrogen-bond acceptors (Lipinski definition) is 3. The van der Waals surface area contributed by atoms with E-state index in [0.717, 1.165) is 19.3 Å². The number of ether oxygens (including phenoxy) is 1. The third-order valence-electron chi connectivity index (χ3n) is 2.97. The molecule has 0 aliphatic rings. The fraction of sp³-hybridized carbons (Fsp3) is 0.571. The molecule has 0 radical (unpaired) electrons. The summed E-state index contributed by atoms with van der Waals surface area (Å²) in [7, 11) is 1.51. The Morgan fingerprint density at radius 1 is 1.53 bits per heavy atom. The van der Waals surface area contributed by atoms with Gasteiger partial charge < -0.3 is 10.1 Å². The van der Waals surface area contributed by atoms with Crippen LogP contribution in [0.3, 0.4) is 0 Å². The smallest absolute Gasteiger partial charge is 0.256 e. The molecule has 1 aromatic rings. The van der Waals surface area contributed by atoms with Crippen molar-refractivity contribution in [3.05, 3.63) is 23.9 Å². The molecule has 1 unspecified atom stereocenters. The van der Waals surface area contributed by atoms with E-state index in [-0.39, 0.29) is 5.91 Å². The van der Waals surface area contributed by atoms with Gasteiger partial charge in [0.2, 0.25) is 5.88 Å². The first-order chi connectivity index (χ1) is 9.22. The first-order valence-electron chi connectivity index (χ1n) is 6.56. The van der Waals surface area contributed by atoms with Gasteiger partial charge in [-0.15, -0.1) is 11.6 Å².